The van der Waals surface area contributed by atoms with Crippen molar-refractivity contribution in [3.05, 3.63) is 72.7 Å². The van der Waals surface area contributed by atoms with Gasteiger partial charge in [0.25, 0.3) is 5.91 Å². The van der Waals surface area contributed by atoms with E-state index in [1.54, 1.807) is 35.5 Å². The molecule has 3 rings (SSSR count). The highest BCUT2D eigenvalue weighted by molar-refractivity contribution is 6.05. The highest BCUT2D eigenvalue weighted by Crippen LogP contribution is 2.27. The van der Waals surface area contributed by atoms with Crippen LogP contribution in [0.2, 0.25) is 0 Å². The molecule has 1 aromatic carbocycles. The minimum absolute atomic E-state index is 0.190. The maximum Gasteiger partial charge on any atom is 0.573 e. The Hall–Kier alpha value is -3.62. The molecule has 0 unspecified atom stereocenters. The van der Waals surface area contributed by atoms with E-state index in [0.717, 1.165) is 12.1 Å². The Morgan fingerprint density at radius 3 is 2.31 bits per heavy atom. The first-order chi connectivity index (χ1) is 13.9. The van der Waals surface area contributed by atoms with E-state index in [1.165, 1.54) is 24.4 Å². The van der Waals surface area contributed by atoms with Gasteiger partial charge >= 0.3 is 6.36 Å². The van der Waals surface area contributed by atoms with E-state index in [4.69, 9.17) is 4.74 Å². The van der Waals surface area contributed by atoms with E-state index in [9.17, 15) is 18.0 Å². The Morgan fingerprint density at radius 2 is 1.76 bits per heavy atom. The zero-order valence-corrected chi connectivity index (χ0v) is 15.3. The molecule has 150 valence electrons. The minimum Gasteiger partial charge on any atom is -0.439 e. The molecular weight excluding hydrogens is 387 g/mol. The van der Waals surface area contributed by atoms with Crippen molar-refractivity contribution in [3.63, 3.8) is 0 Å². The Balaban J connectivity index is 1.67. The smallest absolute Gasteiger partial charge is 0.439 e. The Morgan fingerprint density at radius 1 is 1.03 bits per heavy atom. The van der Waals surface area contributed by atoms with Gasteiger partial charge in [0.1, 0.15) is 11.5 Å². The average Bonchev–Trinajstić information content (AvgIpc) is 2.70. The minimum atomic E-state index is -4.76. The first kappa shape index (κ1) is 20.1. The van der Waals surface area contributed by atoms with Crippen molar-refractivity contribution in [2.24, 2.45) is 0 Å². The van der Waals surface area contributed by atoms with Gasteiger partial charge in [-0.15, -0.1) is 13.2 Å². The molecule has 0 radical (unpaired) electrons. The van der Waals surface area contributed by atoms with Crippen LogP contribution in [-0.2, 0) is 0 Å². The van der Waals surface area contributed by atoms with E-state index in [-0.39, 0.29) is 23.3 Å². The second-order valence-corrected chi connectivity index (χ2v) is 5.77. The van der Waals surface area contributed by atoms with Crippen LogP contribution in [0.5, 0.6) is 17.4 Å². The van der Waals surface area contributed by atoms with Gasteiger partial charge in [-0.25, -0.2) is 4.98 Å². The third kappa shape index (κ3) is 5.44. The molecule has 0 N–H and O–H groups in total. The van der Waals surface area contributed by atoms with Gasteiger partial charge in [0.05, 0.1) is 17.4 Å². The van der Waals surface area contributed by atoms with Gasteiger partial charge in [-0.1, -0.05) is 0 Å². The Labute approximate surface area is 164 Å². The zero-order chi connectivity index (χ0) is 20.9. The number of carbonyl (C=O) groups is 1. The molecule has 0 saturated heterocycles. The summed E-state index contributed by atoms with van der Waals surface area (Å²) in [5.41, 5.74) is 1.03. The molecular formula is C20H16F3N3O3. The fourth-order valence-electron chi connectivity index (χ4n) is 2.51. The lowest BCUT2D eigenvalue weighted by Gasteiger charge is -2.20. The lowest BCUT2D eigenvalue weighted by Crippen LogP contribution is -2.30. The standard InChI is InChI=1S/C20H16F3N3O3/c1-2-26(15-4-3-11-24-13-15)19(27)14-5-10-18(25-12-14)28-16-6-8-17(9-7-16)29-20(21,22)23/h3-13H,2H2,1H3. The van der Waals surface area contributed by atoms with Crippen LogP contribution in [0, 0.1) is 0 Å². The number of hydrogen-bond donors (Lipinski definition) is 0. The van der Waals surface area contributed by atoms with Crippen molar-refractivity contribution in [1.82, 2.24) is 9.97 Å². The van der Waals surface area contributed by atoms with Crippen LogP contribution in [0.4, 0.5) is 18.9 Å². The first-order valence-corrected chi connectivity index (χ1v) is 8.57. The summed E-state index contributed by atoms with van der Waals surface area (Å²) < 4.78 is 45.8. The summed E-state index contributed by atoms with van der Waals surface area (Å²) in [7, 11) is 0. The van der Waals surface area contributed by atoms with Crippen LogP contribution in [0.15, 0.2) is 67.1 Å². The predicted octanol–water partition coefficient (Wildman–Crippen LogP) is 4.83. The van der Waals surface area contributed by atoms with E-state index in [2.05, 4.69) is 14.7 Å². The molecule has 0 aliphatic heterocycles. The van der Waals surface area contributed by atoms with Crippen LogP contribution in [-0.4, -0.2) is 28.8 Å². The number of nitrogens with zero attached hydrogens (tertiary/aromatic N) is 3. The van der Waals surface area contributed by atoms with Gasteiger partial charge in [0, 0.05) is 25.0 Å². The number of anilines is 1. The number of ether oxygens (including phenoxy) is 2. The van der Waals surface area contributed by atoms with Crippen LogP contribution in [0.1, 0.15) is 17.3 Å². The molecule has 3 aromatic rings. The van der Waals surface area contributed by atoms with Crippen LogP contribution in [0.25, 0.3) is 0 Å². The van der Waals surface area contributed by atoms with E-state index in [1.807, 2.05) is 6.92 Å². The van der Waals surface area contributed by atoms with Crippen LogP contribution in [0.3, 0.4) is 0 Å². The summed E-state index contributed by atoms with van der Waals surface area (Å²) in [4.78, 5) is 22.4. The zero-order valence-electron chi connectivity index (χ0n) is 15.3. The van der Waals surface area contributed by atoms with E-state index < -0.39 is 6.36 Å². The maximum absolute atomic E-state index is 12.7. The summed E-state index contributed by atoms with van der Waals surface area (Å²) in [6, 6.07) is 11.5. The molecule has 29 heavy (non-hydrogen) atoms. The molecule has 0 saturated carbocycles. The number of pyridine rings is 2. The van der Waals surface area contributed by atoms with Crippen molar-refractivity contribution in [1.29, 1.82) is 0 Å². The van der Waals surface area contributed by atoms with E-state index in [0.29, 0.717) is 17.8 Å². The topological polar surface area (TPSA) is 64.6 Å². The van der Waals surface area contributed by atoms with Gasteiger partial charge in [0.2, 0.25) is 5.88 Å². The van der Waals surface area contributed by atoms with Gasteiger partial charge < -0.3 is 14.4 Å². The van der Waals surface area contributed by atoms with Crippen molar-refractivity contribution in [2.45, 2.75) is 13.3 Å². The summed E-state index contributed by atoms with van der Waals surface area (Å²) in [6.07, 6.45) is -0.165. The second kappa shape index (κ2) is 8.59. The summed E-state index contributed by atoms with van der Waals surface area (Å²) >= 11 is 0. The predicted molar refractivity (Wildman–Crippen MR) is 99.0 cm³/mol. The monoisotopic (exact) mass is 403 g/mol. The number of rotatable bonds is 6. The highest BCUT2D eigenvalue weighted by Gasteiger charge is 2.31. The van der Waals surface area contributed by atoms with Crippen molar-refractivity contribution < 1.29 is 27.4 Å². The quantitative estimate of drug-likeness (QED) is 0.590. The fourth-order valence-corrected chi connectivity index (χ4v) is 2.51. The lowest BCUT2D eigenvalue weighted by molar-refractivity contribution is -0.274. The highest BCUT2D eigenvalue weighted by atomic mass is 19.4. The number of alkyl halides is 3. The number of benzene rings is 1. The van der Waals surface area contributed by atoms with E-state index >= 15 is 0 Å². The third-order valence-electron chi connectivity index (χ3n) is 3.78. The first-order valence-electron chi connectivity index (χ1n) is 8.57. The molecule has 2 heterocycles. The number of halogens is 3. The van der Waals surface area contributed by atoms with Gasteiger partial charge in [0.15, 0.2) is 0 Å². The Bertz CT molecular complexity index is 947. The molecule has 2 aromatic heterocycles. The maximum atomic E-state index is 12.7. The van der Waals surface area contributed by atoms with Gasteiger partial charge in [-0.3, -0.25) is 9.78 Å². The molecule has 6 nitrogen and oxygen atoms in total. The molecule has 0 fully saturated rings. The van der Waals surface area contributed by atoms with Crippen molar-refractivity contribution in [3.8, 4) is 17.4 Å². The lowest BCUT2D eigenvalue weighted by atomic mass is 10.2. The normalized spacial score (nSPS) is 11.0. The molecule has 0 bridgehead atoms. The number of carbonyl (C=O) groups excluding carboxylic acids is 1. The van der Waals surface area contributed by atoms with Crippen LogP contribution >= 0.6 is 0 Å². The summed E-state index contributed by atoms with van der Waals surface area (Å²) in [5, 5.41) is 0. The van der Waals surface area contributed by atoms with Gasteiger partial charge in [-0.2, -0.15) is 0 Å². The average molecular weight is 403 g/mol. The number of hydrogen-bond acceptors (Lipinski definition) is 5. The van der Waals surface area contributed by atoms with Gasteiger partial charge in [-0.05, 0) is 49.4 Å². The molecule has 0 aliphatic carbocycles. The second-order valence-electron chi connectivity index (χ2n) is 5.77. The third-order valence-corrected chi connectivity index (χ3v) is 3.78. The number of aromatic nitrogens is 2. The molecule has 0 aliphatic rings. The summed E-state index contributed by atoms with van der Waals surface area (Å²) in [5.74, 6) is -0.130. The van der Waals surface area contributed by atoms with Crippen LogP contribution < -0.4 is 14.4 Å². The molecule has 9 heteroatoms. The largest absolute Gasteiger partial charge is 0.573 e. The SMILES string of the molecule is CCN(C(=O)c1ccc(Oc2ccc(OC(F)(F)F)cc2)nc1)c1cccnc1. The molecule has 1 amide bonds. The molecule has 0 atom stereocenters. The van der Waals surface area contributed by atoms with Crippen molar-refractivity contribution in [2.75, 3.05) is 11.4 Å². The molecule has 0 spiro atoms. The Kier molecular flexibility index (Phi) is 5.96. The summed E-state index contributed by atoms with van der Waals surface area (Å²) in [6.45, 7) is 2.30. The number of amides is 1. The fraction of sp³-hybridized carbons (Fsp3) is 0.150. The van der Waals surface area contributed by atoms with Crippen molar-refractivity contribution >= 4 is 11.6 Å².